The molecule has 0 spiro atoms. The van der Waals surface area contributed by atoms with Crippen LogP contribution >= 0.6 is 0 Å². The van der Waals surface area contributed by atoms with Gasteiger partial charge in [-0.05, 0) is 66.1 Å². The minimum atomic E-state index is -2.09. The summed E-state index contributed by atoms with van der Waals surface area (Å²) in [5, 5.41) is 0. The van der Waals surface area contributed by atoms with Gasteiger partial charge in [0, 0.05) is 28.4 Å². The van der Waals surface area contributed by atoms with Crippen molar-refractivity contribution in [1.82, 2.24) is 0 Å². The van der Waals surface area contributed by atoms with Crippen LogP contribution in [0.15, 0.2) is 13.2 Å². The van der Waals surface area contributed by atoms with E-state index in [1.807, 2.05) is 0 Å². The second-order valence-corrected chi connectivity index (χ2v) is 19.5. The summed E-state index contributed by atoms with van der Waals surface area (Å²) >= 11 is 0. The molecule has 4 nitrogen and oxygen atoms in total. The highest BCUT2D eigenvalue weighted by Crippen LogP contribution is 2.49. The first-order chi connectivity index (χ1) is 13.8. The molecule has 0 saturated heterocycles. The molecule has 0 unspecified atom stereocenters. The molecular formula is C25H56O4Si2. The highest BCUT2D eigenvalue weighted by Gasteiger charge is 2.43. The fraction of sp³-hybridized carbons (Fsp3) is 0.920. The molecule has 0 aliphatic rings. The van der Waals surface area contributed by atoms with Crippen molar-refractivity contribution < 1.29 is 17.7 Å². The summed E-state index contributed by atoms with van der Waals surface area (Å²) in [6.07, 6.45) is 3.49. The summed E-state index contributed by atoms with van der Waals surface area (Å²) in [5.74, 6) is 0. The highest BCUT2D eigenvalue weighted by molar-refractivity contribution is 6.66. The molecule has 0 amide bonds. The Morgan fingerprint density at radius 1 is 0.484 bits per heavy atom. The molecule has 0 aromatic rings. The quantitative estimate of drug-likeness (QED) is 0.189. The smallest absolute Gasteiger partial charge is 0.334 e. The van der Waals surface area contributed by atoms with E-state index in [0.29, 0.717) is 0 Å². The molecule has 0 atom stereocenters. The standard InChI is InChI=1S/C23H52O4Si2.C2H4/c1-20(2,16-22(5,6)18-28(13,24-9)25-10)15-21(3,4)17-23(7,8)19-29(14,26-11)27-12;1-2/h15-19H2,1-14H3;1-2H2. The number of hydrogen-bond acceptors (Lipinski definition) is 4. The van der Waals surface area contributed by atoms with Crippen LogP contribution in [0.3, 0.4) is 0 Å². The average molecular weight is 477 g/mol. The van der Waals surface area contributed by atoms with Crippen molar-refractivity contribution in [2.24, 2.45) is 21.7 Å². The van der Waals surface area contributed by atoms with Crippen molar-refractivity contribution in [1.29, 1.82) is 0 Å². The molecule has 0 aliphatic carbocycles. The van der Waals surface area contributed by atoms with Gasteiger partial charge in [-0.15, -0.1) is 13.2 Å². The van der Waals surface area contributed by atoms with E-state index >= 15 is 0 Å². The van der Waals surface area contributed by atoms with Crippen molar-refractivity contribution in [2.75, 3.05) is 28.4 Å². The summed E-state index contributed by atoms with van der Waals surface area (Å²) in [5.41, 5.74) is 0.839. The SMILES string of the molecule is C=C.CO[Si](C)(CC(C)(C)CC(C)(C)CC(C)(C)CC(C)(C)C[Si](C)(OC)OC)OC. The van der Waals surface area contributed by atoms with E-state index < -0.39 is 17.1 Å². The minimum Gasteiger partial charge on any atom is -0.398 e. The van der Waals surface area contributed by atoms with Crippen LogP contribution in [0.1, 0.15) is 74.7 Å². The second kappa shape index (κ2) is 12.5. The summed E-state index contributed by atoms with van der Waals surface area (Å²) in [6, 6.07) is 2.02. The fourth-order valence-corrected chi connectivity index (χ4v) is 11.0. The van der Waals surface area contributed by atoms with E-state index in [0.717, 1.165) is 24.9 Å². The molecule has 188 valence electrons. The Morgan fingerprint density at radius 2 is 0.677 bits per heavy atom. The van der Waals surface area contributed by atoms with Crippen molar-refractivity contribution in [3.63, 3.8) is 0 Å². The molecule has 0 radical (unpaired) electrons. The molecule has 6 heteroatoms. The van der Waals surface area contributed by atoms with Crippen molar-refractivity contribution in [3.8, 4) is 0 Å². The van der Waals surface area contributed by atoms with Crippen LogP contribution in [-0.2, 0) is 17.7 Å². The van der Waals surface area contributed by atoms with Gasteiger partial charge in [0.1, 0.15) is 0 Å². The van der Waals surface area contributed by atoms with E-state index in [1.54, 1.807) is 28.4 Å². The summed E-state index contributed by atoms with van der Waals surface area (Å²) in [6.45, 7) is 29.5. The lowest BCUT2D eigenvalue weighted by Crippen LogP contribution is -2.43. The first-order valence-electron chi connectivity index (χ1n) is 11.5. The van der Waals surface area contributed by atoms with Gasteiger partial charge in [-0.3, -0.25) is 0 Å². The molecular weight excluding hydrogens is 420 g/mol. The van der Waals surface area contributed by atoms with E-state index in [2.05, 4.69) is 81.6 Å². The van der Waals surface area contributed by atoms with Gasteiger partial charge in [0.25, 0.3) is 0 Å². The fourth-order valence-electron chi connectivity index (χ4n) is 6.33. The maximum atomic E-state index is 5.77. The molecule has 0 bridgehead atoms. The van der Waals surface area contributed by atoms with E-state index in [9.17, 15) is 0 Å². The Balaban J connectivity index is 0. The zero-order chi connectivity index (χ0) is 25.4. The maximum Gasteiger partial charge on any atom is 0.334 e. The van der Waals surface area contributed by atoms with Gasteiger partial charge in [-0.1, -0.05) is 55.4 Å². The zero-order valence-electron chi connectivity index (χ0n) is 23.6. The Hall–Kier alpha value is 0.0138. The normalized spacial score (nSPS) is 14.3. The Labute approximate surface area is 198 Å². The molecule has 0 saturated carbocycles. The number of rotatable bonds is 14. The topological polar surface area (TPSA) is 36.9 Å². The Bertz CT molecular complexity index is 464. The van der Waals surface area contributed by atoms with E-state index in [1.165, 1.54) is 6.42 Å². The molecule has 0 aromatic carbocycles. The monoisotopic (exact) mass is 476 g/mol. The van der Waals surface area contributed by atoms with Crippen LogP contribution in [0.5, 0.6) is 0 Å². The van der Waals surface area contributed by atoms with E-state index in [-0.39, 0.29) is 21.7 Å². The molecule has 0 N–H and O–H groups in total. The second-order valence-electron chi connectivity index (χ2n) is 12.6. The predicted octanol–water partition coefficient (Wildman–Crippen LogP) is 7.79. The van der Waals surface area contributed by atoms with E-state index in [4.69, 9.17) is 17.7 Å². The first-order valence-corrected chi connectivity index (χ1v) is 16.5. The Kier molecular flexibility index (Phi) is 13.3. The minimum absolute atomic E-state index is 0.180. The lowest BCUT2D eigenvalue weighted by atomic mass is 9.64. The molecule has 0 aliphatic heterocycles. The third-order valence-electron chi connectivity index (χ3n) is 6.20. The lowest BCUT2D eigenvalue weighted by molar-refractivity contribution is 0.0915. The van der Waals surface area contributed by atoms with Gasteiger partial charge < -0.3 is 17.7 Å². The summed E-state index contributed by atoms with van der Waals surface area (Å²) < 4.78 is 23.1. The molecule has 0 heterocycles. The Morgan fingerprint density at radius 3 is 0.871 bits per heavy atom. The predicted molar refractivity (Wildman–Crippen MR) is 141 cm³/mol. The van der Waals surface area contributed by atoms with Crippen LogP contribution in [0.4, 0.5) is 0 Å². The van der Waals surface area contributed by atoms with Crippen LogP contribution < -0.4 is 0 Å². The third-order valence-corrected chi connectivity index (χ3v) is 12.9. The molecule has 31 heavy (non-hydrogen) atoms. The lowest BCUT2D eigenvalue weighted by Gasteiger charge is -2.45. The largest absolute Gasteiger partial charge is 0.398 e. The van der Waals surface area contributed by atoms with Gasteiger partial charge in [0.15, 0.2) is 0 Å². The first kappa shape index (κ1) is 33.2. The van der Waals surface area contributed by atoms with Gasteiger partial charge in [0.2, 0.25) is 0 Å². The third kappa shape index (κ3) is 13.3. The molecule has 0 rings (SSSR count). The van der Waals surface area contributed by atoms with Crippen molar-refractivity contribution in [3.05, 3.63) is 13.2 Å². The van der Waals surface area contributed by atoms with Crippen molar-refractivity contribution in [2.45, 2.75) is 99.8 Å². The van der Waals surface area contributed by atoms with Gasteiger partial charge in [0.05, 0.1) is 0 Å². The molecule has 0 aromatic heterocycles. The van der Waals surface area contributed by atoms with Crippen LogP contribution in [0.2, 0.25) is 25.2 Å². The van der Waals surface area contributed by atoms with Crippen LogP contribution in [0, 0.1) is 21.7 Å². The van der Waals surface area contributed by atoms with Crippen LogP contribution in [0.25, 0.3) is 0 Å². The van der Waals surface area contributed by atoms with Crippen molar-refractivity contribution >= 4 is 17.1 Å². The summed E-state index contributed by atoms with van der Waals surface area (Å²) in [4.78, 5) is 0. The summed E-state index contributed by atoms with van der Waals surface area (Å²) in [7, 11) is 2.99. The maximum absolute atomic E-state index is 5.77. The van der Waals surface area contributed by atoms with Crippen LogP contribution in [-0.4, -0.2) is 45.6 Å². The van der Waals surface area contributed by atoms with Gasteiger partial charge in [-0.25, -0.2) is 0 Å². The van der Waals surface area contributed by atoms with Gasteiger partial charge >= 0.3 is 17.1 Å². The number of hydrogen-bond donors (Lipinski definition) is 0. The highest BCUT2D eigenvalue weighted by atomic mass is 28.4. The zero-order valence-corrected chi connectivity index (χ0v) is 25.6. The molecule has 0 fully saturated rings. The average Bonchev–Trinajstić information content (AvgIpc) is 2.59. The van der Waals surface area contributed by atoms with Gasteiger partial charge in [-0.2, -0.15) is 0 Å².